The first kappa shape index (κ1) is 21.3. The maximum absolute atomic E-state index is 13.7. The largest absolute Gasteiger partial charge is 0.491 e. The number of nitrogens with zero attached hydrogens (tertiary/aromatic N) is 4. The number of aromatic nitrogens is 2. The summed E-state index contributed by atoms with van der Waals surface area (Å²) in [5, 5.41) is 4.32. The molecule has 158 valence electrons. The maximum Gasteiger partial charge on any atom is 0.258 e. The van der Waals surface area contributed by atoms with Gasteiger partial charge in [0.2, 0.25) is 0 Å². The number of carbonyl (C=O) groups is 1. The van der Waals surface area contributed by atoms with E-state index in [2.05, 4.69) is 10.00 Å². The molecule has 1 aromatic heterocycles. The topological polar surface area (TPSA) is 85.8 Å². The van der Waals surface area contributed by atoms with Crippen molar-refractivity contribution >= 4 is 5.91 Å². The number of nitrogens with two attached hydrogens (primary N) is 1. The first-order chi connectivity index (χ1) is 13.9. The van der Waals surface area contributed by atoms with Gasteiger partial charge in [-0.2, -0.15) is 5.10 Å². The summed E-state index contributed by atoms with van der Waals surface area (Å²) < 4.78 is 13.6. The zero-order chi connectivity index (χ0) is 21.0. The Morgan fingerprint density at radius 3 is 2.86 bits per heavy atom. The van der Waals surface area contributed by atoms with E-state index in [4.69, 9.17) is 15.2 Å². The van der Waals surface area contributed by atoms with Crippen molar-refractivity contribution < 1.29 is 14.3 Å². The van der Waals surface area contributed by atoms with Crippen LogP contribution in [0.3, 0.4) is 0 Å². The van der Waals surface area contributed by atoms with Crippen molar-refractivity contribution in [3.8, 4) is 5.75 Å². The Morgan fingerprint density at radius 2 is 2.21 bits per heavy atom. The van der Waals surface area contributed by atoms with Crippen molar-refractivity contribution in [2.45, 2.75) is 19.1 Å². The van der Waals surface area contributed by atoms with Gasteiger partial charge in [0.25, 0.3) is 5.91 Å². The molecule has 0 bridgehead atoms. The molecule has 0 unspecified atom stereocenters. The summed E-state index contributed by atoms with van der Waals surface area (Å²) in [4.78, 5) is 17.6. The molecule has 1 aromatic carbocycles. The molecule has 2 aromatic rings. The van der Waals surface area contributed by atoms with E-state index in [0.29, 0.717) is 44.2 Å². The van der Waals surface area contributed by atoms with Gasteiger partial charge in [0.05, 0.1) is 30.5 Å². The predicted octanol–water partition coefficient (Wildman–Crippen LogP) is 1.21. The van der Waals surface area contributed by atoms with E-state index in [1.54, 1.807) is 4.68 Å². The van der Waals surface area contributed by atoms with Gasteiger partial charge in [-0.25, -0.2) is 0 Å². The van der Waals surface area contributed by atoms with Crippen LogP contribution in [0.2, 0.25) is 0 Å². The molecule has 2 heterocycles. The molecule has 0 spiro atoms. The average molecular weight is 402 g/mol. The number of aryl methyl sites for hydroxylation is 2. The molecule has 0 aliphatic carbocycles. The second-order valence-electron chi connectivity index (χ2n) is 7.70. The van der Waals surface area contributed by atoms with Crippen molar-refractivity contribution in [3.05, 3.63) is 47.3 Å². The number of hydrogen-bond donors (Lipinski definition) is 1. The van der Waals surface area contributed by atoms with Gasteiger partial charge in [-0.15, -0.1) is 0 Å². The Morgan fingerprint density at radius 1 is 1.41 bits per heavy atom. The summed E-state index contributed by atoms with van der Waals surface area (Å²) in [5.74, 6) is 0.494. The normalized spacial score (nSPS) is 19.6. The van der Waals surface area contributed by atoms with Gasteiger partial charge >= 0.3 is 0 Å². The molecule has 8 heteroatoms. The minimum absolute atomic E-state index is 0.0679. The molecule has 0 saturated carbocycles. The summed E-state index contributed by atoms with van der Waals surface area (Å²) in [5.41, 5.74) is 8.11. The maximum atomic E-state index is 13.7. The second kappa shape index (κ2) is 9.39. The highest BCUT2D eigenvalue weighted by molar-refractivity contribution is 5.97. The smallest absolute Gasteiger partial charge is 0.258 e. The molecular formula is C21H31N5O3. The van der Waals surface area contributed by atoms with Crippen LogP contribution in [0, 0.1) is 6.92 Å². The fourth-order valence-electron chi connectivity index (χ4n) is 3.72. The van der Waals surface area contributed by atoms with Crippen LogP contribution in [0.5, 0.6) is 5.75 Å². The van der Waals surface area contributed by atoms with E-state index in [0.717, 1.165) is 11.1 Å². The molecule has 1 amide bonds. The Labute approximate surface area is 172 Å². The molecule has 2 atom stereocenters. The van der Waals surface area contributed by atoms with Crippen LogP contribution >= 0.6 is 0 Å². The second-order valence-corrected chi connectivity index (χ2v) is 7.70. The number of ether oxygens (including phenoxy) is 2. The molecular weight excluding hydrogens is 370 g/mol. The number of carbonyl (C=O) groups excluding carboxylic acids is 1. The number of likely N-dealkylation sites (N-methyl/N-ethyl adjacent to an activating group) is 1. The van der Waals surface area contributed by atoms with Gasteiger partial charge in [0, 0.05) is 38.4 Å². The predicted molar refractivity (Wildman–Crippen MR) is 111 cm³/mol. The standard InChI is InChI=1S/C21H31N5O3/c1-15-5-6-18(28-9-7-22)17(11-15)21(27)26-8-10-29-19(14-24(2)3)20(26)16-12-23-25(4)13-16/h5-6,11-13,19-20H,7-10,14,22H2,1-4H3/t19-,20-/m0/s1. The number of benzene rings is 1. The van der Waals surface area contributed by atoms with E-state index in [1.807, 2.05) is 63.6 Å². The average Bonchev–Trinajstić information content (AvgIpc) is 3.11. The third-order valence-electron chi connectivity index (χ3n) is 4.97. The highest BCUT2D eigenvalue weighted by Gasteiger charge is 2.38. The SMILES string of the molecule is Cc1ccc(OCCN)c(C(=O)N2CCO[C@@H](CN(C)C)[C@@H]2c2cnn(C)c2)c1. The zero-order valence-corrected chi connectivity index (χ0v) is 17.7. The highest BCUT2D eigenvalue weighted by Crippen LogP contribution is 2.33. The third kappa shape index (κ3) is 4.95. The summed E-state index contributed by atoms with van der Waals surface area (Å²) >= 11 is 0. The minimum Gasteiger partial charge on any atom is -0.491 e. The lowest BCUT2D eigenvalue weighted by Gasteiger charge is -2.42. The lowest BCUT2D eigenvalue weighted by atomic mass is 9.98. The van der Waals surface area contributed by atoms with Crippen LogP contribution in [0.15, 0.2) is 30.6 Å². The fourth-order valence-corrected chi connectivity index (χ4v) is 3.72. The van der Waals surface area contributed by atoms with Gasteiger partial charge in [-0.1, -0.05) is 11.6 Å². The van der Waals surface area contributed by atoms with E-state index in [9.17, 15) is 4.79 Å². The van der Waals surface area contributed by atoms with Crippen LogP contribution < -0.4 is 10.5 Å². The molecule has 3 rings (SSSR count). The molecule has 1 saturated heterocycles. The summed E-state index contributed by atoms with van der Waals surface area (Å²) in [6.07, 6.45) is 3.61. The summed E-state index contributed by atoms with van der Waals surface area (Å²) in [7, 11) is 5.88. The number of rotatable bonds is 7. The summed E-state index contributed by atoms with van der Waals surface area (Å²) in [6, 6.07) is 5.44. The fraction of sp³-hybridized carbons (Fsp3) is 0.524. The van der Waals surface area contributed by atoms with Crippen molar-refractivity contribution in [3.63, 3.8) is 0 Å². The van der Waals surface area contributed by atoms with Gasteiger partial charge in [-0.05, 0) is 33.2 Å². The molecule has 1 aliphatic heterocycles. The number of morpholine rings is 1. The molecule has 29 heavy (non-hydrogen) atoms. The van der Waals surface area contributed by atoms with Crippen LogP contribution in [-0.4, -0.2) is 78.5 Å². The molecule has 8 nitrogen and oxygen atoms in total. The Bertz CT molecular complexity index is 835. The molecule has 2 N–H and O–H groups in total. The van der Waals surface area contributed by atoms with Gasteiger partial charge < -0.3 is 25.0 Å². The van der Waals surface area contributed by atoms with Crippen LogP contribution in [-0.2, 0) is 11.8 Å². The number of hydrogen-bond acceptors (Lipinski definition) is 6. The third-order valence-corrected chi connectivity index (χ3v) is 4.97. The zero-order valence-electron chi connectivity index (χ0n) is 17.7. The Kier molecular flexibility index (Phi) is 6.89. The van der Waals surface area contributed by atoms with E-state index in [1.165, 1.54) is 0 Å². The Hall–Kier alpha value is -2.42. The van der Waals surface area contributed by atoms with E-state index >= 15 is 0 Å². The van der Waals surface area contributed by atoms with Crippen molar-refractivity contribution in [2.75, 3.05) is 46.9 Å². The lowest BCUT2D eigenvalue weighted by Crippen LogP contribution is -2.51. The Balaban J connectivity index is 1.98. The highest BCUT2D eigenvalue weighted by atomic mass is 16.5. The minimum atomic E-state index is -0.227. The first-order valence-electron chi connectivity index (χ1n) is 9.90. The molecule has 1 aliphatic rings. The van der Waals surface area contributed by atoms with Crippen LogP contribution in [0.4, 0.5) is 0 Å². The van der Waals surface area contributed by atoms with Crippen molar-refractivity contribution in [1.29, 1.82) is 0 Å². The van der Waals surface area contributed by atoms with Gasteiger partial charge in [0.1, 0.15) is 12.4 Å². The quantitative estimate of drug-likeness (QED) is 0.751. The first-order valence-corrected chi connectivity index (χ1v) is 9.90. The molecule has 0 radical (unpaired) electrons. The van der Waals surface area contributed by atoms with E-state index < -0.39 is 0 Å². The lowest BCUT2D eigenvalue weighted by molar-refractivity contribution is -0.0685. The van der Waals surface area contributed by atoms with Gasteiger partial charge in [0.15, 0.2) is 0 Å². The van der Waals surface area contributed by atoms with Crippen LogP contribution in [0.1, 0.15) is 27.5 Å². The van der Waals surface area contributed by atoms with Gasteiger partial charge in [-0.3, -0.25) is 9.48 Å². The number of amides is 1. The molecule has 1 fully saturated rings. The summed E-state index contributed by atoms with van der Waals surface area (Å²) in [6.45, 7) is 4.42. The van der Waals surface area contributed by atoms with Crippen molar-refractivity contribution in [1.82, 2.24) is 19.6 Å². The van der Waals surface area contributed by atoms with E-state index in [-0.39, 0.29) is 18.1 Å². The van der Waals surface area contributed by atoms with Crippen LogP contribution in [0.25, 0.3) is 0 Å². The van der Waals surface area contributed by atoms with Crippen molar-refractivity contribution in [2.24, 2.45) is 12.8 Å². The monoisotopic (exact) mass is 401 g/mol.